The van der Waals surface area contributed by atoms with E-state index in [2.05, 4.69) is 22.2 Å². The predicted molar refractivity (Wildman–Crippen MR) is 80.4 cm³/mol. The first-order valence-corrected chi connectivity index (χ1v) is 7.50. The van der Waals surface area contributed by atoms with Crippen molar-refractivity contribution in [2.24, 2.45) is 7.05 Å². The summed E-state index contributed by atoms with van der Waals surface area (Å²) in [6, 6.07) is 0. The van der Waals surface area contributed by atoms with Crippen LogP contribution in [0.2, 0.25) is 0 Å². The molecule has 1 aromatic rings. The van der Waals surface area contributed by atoms with Gasteiger partial charge in [0.1, 0.15) is 5.82 Å². The van der Waals surface area contributed by atoms with Crippen LogP contribution < -0.4 is 11.1 Å². The van der Waals surface area contributed by atoms with E-state index in [1.807, 2.05) is 11.7 Å². The lowest BCUT2D eigenvalue weighted by atomic mass is 10.2. The molecule has 0 unspecified atom stereocenters. The van der Waals surface area contributed by atoms with Gasteiger partial charge in [-0.05, 0) is 45.3 Å². The first kappa shape index (κ1) is 14.2. The van der Waals surface area contributed by atoms with Gasteiger partial charge in [-0.1, -0.05) is 13.3 Å². The summed E-state index contributed by atoms with van der Waals surface area (Å²) in [7, 11) is 1.96. The van der Waals surface area contributed by atoms with Crippen molar-refractivity contribution < 1.29 is 0 Å². The molecular weight excluding hydrogens is 238 g/mol. The molecular formula is C14H27N5. The Kier molecular flexibility index (Phi) is 5.07. The maximum atomic E-state index is 6.14. The zero-order chi connectivity index (χ0) is 13.7. The summed E-state index contributed by atoms with van der Waals surface area (Å²) < 4.78 is 1.87. The Hall–Kier alpha value is -1.23. The summed E-state index contributed by atoms with van der Waals surface area (Å²) >= 11 is 0. The number of aryl methyl sites for hydroxylation is 2. The van der Waals surface area contributed by atoms with Gasteiger partial charge in [-0.15, -0.1) is 0 Å². The molecule has 5 heteroatoms. The molecule has 1 fully saturated rings. The molecule has 0 spiro atoms. The van der Waals surface area contributed by atoms with Crippen LogP contribution >= 0.6 is 0 Å². The molecule has 19 heavy (non-hydrogen) atoms. The smallest absolute Gasteiger partial charge is 0.147 e. The lowest BCUT2D eigenvalue weighted by Gasteiger charge is -2.14. The van der Waals surface area contributed by atoms with Gasteiger partial charge < -0.3 is 16.0 Å². The van der Waals surface area contributed by atoms with Crippen molar-refractivity contribution in [2.75, 3.05) is 37.2 Å². The molecule has 5 nitrogen and oxygen atoms in total. The Labute approximate surface area is 116 Å². The van der Waals surface area contributed by atoms with E-state index in [9.17, 15) is 0 Å². The number of rotatable bonds is 7. The third-order valence-corrected chi connectivity index (χ3v) is 3.79. The minimum absolute atomic E-state index is 0.825. The average molecular weight is 265 g/mol. The minimum Gasteiger partial charge on any atom is -0.394 e. The molecule has 2 rings (SSSR count). The van der Waals surface area contributed by atoms with Crippen molar-refractivity contribution in [2.45, 2.75) is 39.0 Å². The van der Waals surface area contributed by atoms with Gasteiger partial charge in [0.25, 0.3) is 0 Å². The van der Waals surface area contributed by atoms with E-state index < -0.39 is 0 Å². The summed E-state index contributed by atoms with van der Waals surface area (Å²) in [5.74, 6) is 0.977. The summed E-state index contributed by atoms with van der Waals surface area (Å²) in [5, 5.41) is 7.91. The summed E-state index contributed by atoms with van der Waals surface area (Å²) in [4.78, 5) is 2.54. The number of nitrogens with two attached hydrogens (primary N) is 1. The number of nitrogens with one attached hydrogen (secondary N) is 1. The van der Waals surface area contributed by atoms with Crippen LogP contribution in [-0.2, 0) is 13.5 Å². The standard InChI is InChI=1S/C14H27N5/c1-3-7-12-13(15)14(18(2)17-12)16-8-6-11-19-9-4-5-10-19/h16H,3-11,15H2,1-2H3. The van der Waals surface area contributed by atoms with Crippen molar-refractivity contribution in [1.82, 2.24) is 14.7 Å². The number of nitrogens with zero attached hydrogens (tertiary/aromatic N) is 3. The summed E-state index contributed by atoms with van der Waals surface area (Å²) in [6.45, 7) is 6.85. The molecule has 0 bridgehead atoms. The molecule has 108 valence electrons. The van der Waals surface area contributed by atoms with Crippen LogP contribution in [0.15, 0.2) is 0 Å². The molecule has 1 aromatic heterocycles. The van der Waals surface area contributed by atoms with Crippen LogP contribution in [0.5, 0.6) is 0 Å². The van der Waals surface area contributed by atoms with E-state index in [0.29, 0.717) is 0 Å². The van der Waals surface area contributed by atoms with E-state index >= 15 is 0 Å². The SMILES string of the molecule is CCCc1nn(C)c(NCCCN2CCCC2)c1N. The van der Waals surface area contributed by atoms with Gasteiger partial charge in [-0.3, -0.25) is 4.68 Å². The fourth-order valence-corrected chi connectivity index (χ4v) is 2.74. The average Bonchev–Trinajstić information content (AvgIpc) is 2.98. The second-order valence-corrected chi connectivity index (χ2v) is 5.41. The van der Waals surface area contributed by atoms with E-state index in [1.165, 1.54) is 32.5 Å². The lowest BCUT2D eigenvalue weighted by Crippen LogP contribution is -2.22. The first-order chi connectivity index (χ1) is 9.22. The highest BCUT2D eigenvalue weighted by Crippen LogP contribution is 2.22. The fraction of sp³-hybridized carbons (Fsp3) is 0.786. The monoisotopic (exact) mass is 265 g/mol. The highest BCUT2D eigenvalue weighted by Gasteiger charge is 2.13. The second-order valence-electron chi connectivity index (χ2n) is 5.41. The third-order valence-electron chi connectivity index (χ3n) is 3.79. The molecule has 0 atom stereocenters. The Morgan fingerprint density at radius 3 is 2.74 bits per heavy atom. The molecule has 0 aliphatic carbocycles. The molecule has 0 radical (unpaired) electrons. The highest BCUT2D eigenvalue weighted by atomic mass is 15.3. The lowest BCUT2D eigenvalue weighted by molar-refractivity contribution is 0.337. The van der Waals surface area contributed by atoms with E-state index in [-0.39, 0.29) is 0 Å². The molecule has 2 heterocycles. The molecule has 3 N–H and O–H groups in total. The molecule has 0 amide bonds. The number of anilines is 2. The van der Waals surface area contributed by atoms with Crippen molar-refractivity contribution in [1.29, 1.82) is 0 Å². The Balaban J connectivity index is 1.78. The largest absolute Gasteiger partial charge is 0.394 e. The normalized spacial score (nSPS) is 16.1. The molecule has 0 aromatic carbocycles. The van der Waals surface area contributed by atoms with Crippen LogP contribution in [0.25, 0.3) is 0 Å². The van der Waals surface area contributed by atoms with E-state index in [1.54, 1.807) is 0 Å². The Bertz CT molecular complexity index is 393. The van der Waals surface area contributed by atoms with Crippen molar-refractivity contribution in [3.05, 3.63) is 5.69 Å². The molecule has 1 saturated heterocycles. The molecule has 1 aliphatic heterocycles. The zero-order valence-electron chi connectivity index (χ0n) is 12.3. The van der Waals surface area contributed by atoms with Gasteiger partial charge in [0.15, 0.2) is 0 Å². The molecule has 0 saturated carbocycles. The number of aromatic nitrogens is 2. The second kappa shape index (κ2) is 6.80. The number of hydrogen-bond donors (Lipinski definition) is 2. The maximum Gasteiger partial charge on any atom is 0.147 e. The topological polar surface area (TPSA) is 59.1 Å². The maximum absolute atomic E-state index is 6.14. The summed E-state index contributed by atoms with van der Waals surface area (Å²) in [5.41, 5.74) is 7.98. The summed E-state index contributed by atoms with van der Waals surface area (Å²) in [6.07, 6.45) is 5.92. The van der Waals surface area contributed by atoms with Gasteiger partial charge in [0.2, 0.25) is 0 Å². The van der Waals surface area contributed by atoms with Crippen molar-refractivity contribution >= 4 is 11.5 Å². The van der Waals surface area contributed by atoms with Gasteiger partial charge in [0.05, 0.1) is 11.4 Å². The van der Waals surface area contributed by atoms with Gasteiger partial charge in [0, 0.05) is 13.6 Å². The van der Waals surface area contributed by atoms with Crippen molar-refractivity contribution in [3.63, 3.8) is 0 Å². The fourth-order valence-electron chi connectivity index (χ4n) is 2.74. The quantitative estimate of drug-likeness (QED) is 0.739. The first-order valence-electron chi connectivity index (χ1n) is 7.50. The van der Waals surface area contributed by atoms with Gasteiger partial charge in [-0.25, -0.2) is 0 Å². The molecule has 1 aliphatic rings. The third kappa shape index (κ3) is 3.62. The van der Waals surface area contributed by atoms with Crippen LogP contribution in [-0.4, -0.2) is 40.9 Å². The number of likely N-dealkylation sites (tertiary alicyclic amines) is 1. The number of nitrogen functional groups attached to an aromatic ring is 1. The number of hydrogen-bond acceptors (Lipinski definition) is 4. The van der Waals surface area contributed by atoms with Crippen LogP contribution in [0.3, 0.4) is 0 Å². The van der Waals surface area contributed by atoms with Gasteiger partial charge in [-0.2, -0.15) is 5.10 Å². The predicted octanol–water partition coefficient (Wildman–Crippen LogP) is 1.85. The van der Waals surface area contributed by atoms with Crippen molar-refractivity contribution in [3.8, 4) is 0 Å². The van der Waals surface area contributed by atoms with Gasteiger partial charge >= 0.3 is 0 Å². The minimum atomic E-state index is 0.825. The Morgan fingerprint density at radius 1 is 1.32 bits per heavy atom. The zero-order valence-corrected chi connectivity index (χ0v) is 12.3. The van der Waals surface area contributed by atoms with E-state index in [0.717, 1.165) is 43.0 Å². The van der Waals surface area contributed by atoms with Crippen LogP contribution in [0.1, 0.15) is 38.3 Å². The Morgan fingerprint density at radius 2 is 2.05 bits per heavy atom. The van der Waals surface area contributed by atoms with Crippen LogP contribution in [0.4, 0.5) is 11.5 Å². The van der Waals surface area contributed by atoms with Crippen LogP contribution in [0, 0.1) is 0 Å². The highest BCUT2D eigenvalue weighted by molar-refractivity contribution is 5.64. The van der Waals surface area contributed by atoms with E-state index in [4.69, 9.17) is 5.73 Å².